The second-order valence-electron chi connectivity index (χ2n) is 5.96. The van der Waals surface area contributed by atoms with Crippen LogP contribution < -0.4 is 10.6 Å². The van der Waals surface area contributed by atoms with Gasteiger partial charge in [0.05, 0.1) is 18.6 Å². The van der Waals surface area contributed by atoms with Crippen LogP contribution in [0.4, 0.5) is 0 Å². The molecule has 2 rings (SSSR count). The van der Waals surface area contributed by atoms with Gasteiger partial charge in [0.15, 0.2) is 5.96 Å². The smallest absolute Gasteiger partial charge is 0.191 e. The van der Waals surface area contributed by atoms with Gasteiger partial charge in [-0.2, -0.15) is 0 Å². The van der Waals surface area contributed by atoms with Crippen LogP contribution in [0.15, 0.2) is 45.3 Å². The normalized spacial score (nSPS) is 13.1. The van der Waals surface area contributed by atoms with E-state index in [0.717, 1.165) is 12.2 Å². The Hall–Kier alpha value is -1.07. The van der Waals surface area contributed by atoms with Crippen LogP contribution in [0.1, 0.15) is 24.0 Å². The van der Waals surface area contributed by atoms with Gasteiger partial charge in [-0.25, -0.2) is 13.4 Å². The van der Waals surface area contributed by atoms with Gasteiger partial charge in [-0.15, -0.1) is 35.3 Å². The molecule has 0 aromatic carbocycles. The molecule has 1 unspecified atom stereocenters. The van der Waals surface area contributed by atoms with Crippen molar-refractivity contribution in [2.45, 2.75) is 32.4 Å². The van der Waals surface area contributed by atoms with E-state index < -0.39 is 9.84 Å². The lowest BCUT2D eigenvalue weighted by atomic mass is 10.2. The number of guanidine groups is 1. The van der Waals surface area contributed by atoms with Gasteiger partial charge in [-0.1, -0.05) is 6.07 Å². The first-order chi connectivity index (χ1) is 11.9. The van der Waals surface area contributed by atoms with Crippen molar-refractivity contribution in [2.75, 3.05) is 18.6 Å². The molecule has 0 saturated heterocycles. The van der Waals surface area contributed by atoms with E-state index >= 15 is 0 Å². The predicted octanol–water partition coefficient (Wildman–Crippen LogP) is 3.06. The molecule has 1 atom stereocenters. The summed E-state index contributed by atoms with van der Waals surface area (Å²) in [5, 5.41) is 8.59. The largest absolute Gasteiger partial charge is 0.469 e. The number of thiophene rings is 1. The van der Waals surface area contributed by atoms with Crippen LogP contribution in [-0.4, -0.2) is 39.0 Å². The summed E-state index contributed by atoms with van der Waals surface area (Å²) < 4.78 is 28.0. The summed E-state index contributed by atoms with van der Waals surface area (Å²) in [5.74, 6) is 1.75. The van der Waals surface area contributed by atoms with E-state index in [1.807, 2.05) is 36.6 Å². The Balaban J connectivity index is 0.00000338. The molecule has 0 aliphatic carbocycles. The molecule has 0 saturated carbocycles. The minimum absolute atomic E-state index is 0. The van der Waals surface area contributed by atoms with Crippen molar-refractivity contribution >= 4 is 51.1 Å². The molecule has 0 spiro atoms. The molecule has 2 heterocycles. The van der Waals surface area contributed by atoms with Gasteiger partial charge in [0.1, 0.15) is 15.6 Å². The van der Waals surface area contributed by atoms with E-state index in [9.17, 15) is 8.42 Å². The molecule has 0 aliphatic rings. The van der Waals surface area contributed by atoms with Crippen LogP contribution in [0, 0.1) is 0 Å². The Kier molecular flexibility index (Phi) is 10.3. The number of furan rings is 1. The monoisotopic (exact) mass is 511 g/mol. The lowest BCUT2D eigenvalue weighted by molar-refractivity contribution is 0.506. The van der Waals surface area contributed by atoms with Gasteiger partial charge < -0.3 is 15.1 Å². The zero-order valence-electron chi connectivity index (χ0n) is 15.0. The van der Waals surface area contributed by atoms with Crippen molar-refractivity contribution < 1.29 is 12.8 Å². The van der Waals surface area contributed by atoms with Crippen LogP contribution in [0.5, 0.6) is 0 Å². The maximum Gasteiger partial charge on any atom is 0.191 e. The molecule has 0 radical (unpaired) electrons. The minimum Gasteiger partial charge on any atom is -0.469 e. The summed E-state index contributed by atoms with van der Waals surface area (Å²) in [6.45, 7) is 3.23. The van der Waals surface area contributed by atoms with Gasteiger partial charge in [0, 0.05) is 30.1 Å². The highest BCUT2D eigenvalue weighted by Crippen LogP contribution is 2.09. The number of halogens is 1. The molecule has 146 valence electrons. The van der Waals surface area contributed by atoms with Crippen molar-refractivity contribution in [3.63, 3.8) is 0 Å². The van der Waals surface area contributed by atoms with Crippen LogP contribution >= 0.6 is 35.3 Å². The van der Waals surface area contributed by atoms with Crippen molar-refractivity contribution in [1.82, 2.24) is 10.6 Å². The van der Waals surface area contributed by atoms with Crippen LogP contribution in [-0.2, 0) is 22.8 Å². The fourth-order valence-electron chi connectivity index (χ4n) is 2.17. The zero-order valence-corrected chi connectivity index (χ0v) is 18.9. The first-order valence-electron chi connectivity index (χ1n) is 8.20. The van der Waals surface area contributed by atoms with E-state index in [1.54, 1.807) is 17.6 Å². The predicted molar refractivity (Wildman–Crippen MR) is 118 cm³/mol. The first-order valence-corrected chi connectivity index (χ1v) is 11.1. The average molecular weight is 511 g/mol. The molecule has 0 fully saturated rings. The Bertz CT molecular complexity index is 744. The summed E-state index contributed by atoms with van der Waals surface area (Å²) in [6, 6.07) is 7.86. The van der Waals surface area contributed by atoms with Gasteiger partial charge in [-0.3, -0.25) is 0 Å². The maximum absolute atomic E-state index is 11.3. The van der Waals surface area contributed by atoms with Crippen molar-refractivity contribution in [2.24, 2.45) is 4.99 Å². The quantitative estimate of drug-likeness (QED) is 0.307. The lowest BCUT2D eigenvalue weighted by Gasteiger charge is -2.18. The number of nitrogens with zero attached hydrogens (tertiary/aromatic N) is 1. The summed E-state index contributed by atoms with van der Waals surface area (Å²) in [4.78, 5) is 5.77. The van der Waals surface area contributed by atoms with Crippen molar-refractivity contribution in [3.8, 4) is 0 Å². The van der Waals surface area contributed by atoms with Crippen LogP contribution in [0.3, 0.4) is 0 Å². The second-order valence-corrected chi connectivity index (χ2v) is 9.26. The van der Waals surface area contributed by atoms with Gasteiger partial charge in [0.2, 0.25) is 0 Å². The van der Waals surface area contributed by atoms with Gasteiger partial charge in [0.25, 0.3) is 0 Å². The molecule has 6 nitrogen and oxygen atoms in total. The summed E-state index contributed by atoms with van der Waals surface area (Å²) in [6.07, 6.45) is 4.21. The average Bonchev–Trinajstić information content (AvgIpc) is 3.23. The number of aliphatic imine (C=N–C) groups is 1. The highest BCUT2D eigenvalue weighted by molar-refractivity contribution is 14.0. The molecule has 0 aliphatic heterocycles. The SMILES string of the molecule is CC(CCS(C)(=O)=O)NC(=NCc1cccs1)NCCc1ccco1.I. The molecule has 2 aromatic heterocycles. The second kappa shape index (κ2) is 11.6. The summed E-state index contributed by atoms with van der Waals surface area (Å²) in [5.41, 5.74) is 0. The van der Waals surface area contributed by atoms with Crippen LogP contribution in [0.25, 0.3) is 0 Å². The highest BCUT2D eigenvalue weighted by Gasteiger charge is 2.10. The van der Waals surface area contributed by atoms with Crippen molar-refractivity contribution in [3.05, 3.63) is 46.5 Å². The lowest BCUT2D eigenvalue weighted by Crippen LogP contribution is -2.43. The molecular weight excluding hydrogens is 485 g/mol. The van der Waals surface area contributed by atoms with E-state index in [1.165, 1.54) is 11.1 Å². The number of rotatable bonds is 9. The summed E-state index contributed by atoms with van der Waals surface area (Å²) >= 11 is 1.66. The molecule has 26 heavy (non-hydrogen) atoms. The Morgan fingerprint density at radius 3 is 2.77 bits per heavy atom. The third kappa shape index (κ3) is 9.58. The van der Waals surface area contributed by atoms with E-state index in [2.05, 4.69) is 15.6 Å². The molecule has 0 bridgehead atoms. The Morgan fingerprint density at radius 2 is 2.15 bits per heavy atom. The number of nitrogens with one attached hydrogen (secondary N) is 2. The van der Waals surface area contributed by atoms with Gasteiger partial charge in [-0.05, 0) is 36.9 Å². The highest BCUT2D eigenvalue weighted by atomic mass is 127. The number of hydrogen-bond donors (Lipinski definition) is 2. The minimum atomic E-state index is -2.96. The molecule has 2 N–H and O–H groups in total. The topological polar surface area (TPSA) is 83.7 Å². The fraction of sp³-hybridized carbons (Fsp3) is 0.471. The Labute approximate surface area is 176 Å². The maximum atomic E-state index is 11.3. The van der Waals surface area contributed by atoms with E-state index in [-0.39, 0.29) is 35.8 Å². The molecule has 0 amide bonds. The zero-order chi connectivity index (χ0) is 18.1. The van der Waals surface area contributed by atoms with E-state index in [4.69, 9.17) is 4.42 Å². The molecule has 9 heteroatoms. The Morgan fingerprint density at radius 1 is 1.35 bits per heavy atom. The summed E-state index contributed by atoms with van der Waals surface area (Å²) in [7, 11) is -2.96. The van der Waals surface area contributed by atoms with Crippen LogP contribution in [0.2, 0.25) is 0 Å². The number of hydrogen-bond acceptors (Lipinski definition) is 5. The molecule has 2 aromatic rings. The third-order valence-corrected chi connectivity index (χ3v) is 5.36. The van der Waals surface area contributed by atoms with Gasteiger partial charge >= 0.3 is 0 Å². The molecular formula is C17H26IN3O3S2. The standard InChI is InChI=1S/C17H25N3O3S2.HI/c1-14(8-12-25(2,21)22)20-17(19-13-16-6-4-11-24-16)18-9-7-15-5-3-10-23-15;/h3-6,10-11,14H,7-9,12-13H2,1-2H3,(H2,18,19,20);1H. The first kappa shape index (κ1) is 23.0. The van der Waals surface area contributed by atoms with Crippen molar-refractivity contribution in [1.29, 1.82) is 0 Å². The fourth-order valence-corrected chi connectivity index (χ4v) is 3.58. The number of sulfone groups is 1. The third-order valence-electron chi connectivity index (χ3n) is 3.52. The van der Waals surface area contributed by atoms with E-state index in [0.29, 0.717) is 25.5 Å².